The summed E-state index contributed by atoms with van der Waals surface area (Å²) >= 11 is 0. The van der Waals surface area contributed by atoms with Gasteiger partial charge in [0.05, 0.1) is 25.8 Å². The van der Waals surface area contributed by atoms with E-state index < -0.39 is 6.04 Å². The van der Waals surface area contributed by atoms with E-state index in [1.54, 1.807) is 26.0 Å². The average Bonchev–Trinajstić information content (AvgIpc) is 2.74. The number of benzene rings is 2. The smallest absolute Gasteiger partial charge is 0.254 e. The van der Waals surface area contributed by atoms with Gasteiger partial charge in [0.1, 0.15) is 0 Å². The maximum Gasteiger partial charge on any atom is 0.254 e. The van der Waals surface area contributed by atoms with Crippen LogP contribution in [0.25, 0.3) is 10.9 Å². The Morgan fingerprint density at radius 2 is 1.70 bits per heavy atom. The first kappa shape index (κ1) is 20.0. The molecule has 1 aliphatic rings. The number of nitrogens with zero attached hydrogens (tertiary/aromatic N) is 1. The molecule has 30 heavy (non-hydrogen) atoms. The van der Waals surface area contributed by atoms with E-state index in [9.17, 15) is 9.59 Å². The van der Waals surface area contributed by atoms with Crippen molar-refractivity contribution >= 4 is 16.8 Å². The van der Waals surface area contributed by atoms with E-state index >= 15 is 0 Å². The summed E-state index contributed by atoms with van der Waals surface area (Å²) in [6, 6.07) is 9.33. The second-order valence-electron chi connectivity index (χ2n) is 7.81. The molecule has 0 aliphatic carbocycles. The zero-order valence-electron chi connectivity index (χ0n) is 18.0. The highest BCUT2D eigenvalue weighted by molar-refractivity contribution is 5.85. The third-order valence-corrected chi connectivity index (χ3v) is 6.05. The highest BCUT2D eigenvalue weighted by Gasteiger charge is 2.33. The number of methoxy groups -OCH3 is 2. The molecule has 0 fully saturated rings. The Labute approximate surface area is 175 Å². The minimum atomic E-state index is -0.487. The van der Waals surface area contributed by atoms with E-state index in [4.69, 9.17) is 9.47 Å². The van der Waals surface area contributed by atoms with E-state index in [1.807, 2.05) is 44.2 Å². The number of pyridine rings is 1. The number of aryl methyl sites for hydroxylation is 2. The summed E-state index contributed by atoms with van der Waals surface area (Å²) < 4.78 is 11.0. The standard InChI is InChI=1S/C24H26N2O4/c1-13-6-7-14(2)22-17(13)11-19(24(28)25-22)23-18-12-21(30-5)20(29-4)10-16(18)8-9-26(23)15(3)27/h6-7,10-12,23H,8-9H2,1-5H3,(H,25,28)/t23-/m0/s1. The lowest BCUT2D eigenvalue weighted by Crippen LogP contribution is -2.41. The van der Waals surface area contributed by atoms with Gasteiger partial charge in [0.2, 0.25) is 5.91 Å². The van der Waals surface area contributed by atoms with Gasteiger partial charge in [-0.15, -0.1) is 0 Å². The largest absolute Gasteiger partial charge is 0.493 e. The van der Waals surface area contributed by atoms with Gasteiger partial charge in [-0.25, -0.2) is 0 Å². The molecule has 0 bridgehead atoms. The van der Waals surface area contributed by atoms with E-state index in [0.29, 0.717) is 30.0 Å². The maximum absolute atomic E-state index is 13.2. The predicted molar refractivity (Wildman–Crippen MR) is 117 cm³/mol. The van der Waals surface area contributed by atoms with Crippen molar-refractivity contribution in [2.24, 2.45) is 0 Å². The Balaban J connectivity index is 2.01. The molecule has 6 nitrogen and oxygen atoms in total. The Hall–Kier alpha value is -3.28. The van der Waals surface area contributed by atoms with Crippen molar-refractivity contribution in [1.82, 2.24) is 9.88 Å². The van der Waals surface area contributed by atoms with E-state index in [2.05, 4.69) is 4.98 Å². The normalized spacial score (nSPS) is 15.8. The molecule has 6 heteroatoms. The Morgan fingerprint density at radius 3 is 2.37 bits per heavy atom. The van der Waals surface area contributed by atoms with Crippen LogP contribution in [0, 0.1) is 13.8 Å². The fraction of sp³-hybridized carbons (Fsp3) is 0.333. The first-order chi connectivity index (χ1) is 14.3. The van der Waals surface area contributed by atoms with Gasteiger partial charge >= 0.3 is 0 Å². The predicted octanol–water partition coefficient (Wildman–Crippen LogP) is 3.66. The van der Waals surface area contributed by atoms with Crippen molar-refractivity contribution in [2.75, 3.05) is 20.8 Å². The number of aromatic amines is 1. The molecule has 2 heterocycles. The molecule has 2 aromatic carbocycles. The van der Waals surface area contributed by atoms with E-state index in [0.717, 1.165) is 33.2 Å². The molecule has 1 atom stereocenters. The quantitative estimate of drug-likeness (QED) is 0.721. The van der Waals surface area contributed by atoms with Gasteiger partial charge in [-0.3, -0.25) is 9.59 Å². The van der Waals surface area contributed by atoms with Crippen molar-refractivity contribution < 1.29 is 14.3 Å². The van der Waals surface area contributed by atoms with Crippen LogP contribution in [0.4, 0.5) is 0 Å². The SMILES string of the molecule is COc1cc2c(cc1OC)[C@@H](c1cc3c(C)ccc(C)c3[nH]c1=O)N(C(C)=O)CC2. The van der Waals surface area contributed by atoms with Gasteiger partial charge in [0.15, 0.2) is 11.5 Å². The monoisotopic (exact) mass is 406 g/mol. The molecule has 0 saturated heterocycles. The average molecular weight is 406 g/mol. The Kier molecular flexibility index (Phi) is 5.02. The number of hydrogen-bond donors (Lipinski definition) is 1. The van der Waals surface area contributed by atoms with Crippen LogP contribution in [0.15, 0.2) is 35.1 Å². The van der Waals surface area contributed by atoms with Crippen LogP contribution >= 0.6 is 0 Å². The minimum Gasteiger partial charge on any atom is -0.493 e. The molecule has 0 radical (unpaired) electrons. The molecule has 1 amide bonds. The lowest BCUT2D eigenvalue weighted by molar-refractivity contribution is -0.130. The molecule has 3 aromatic rings. The maximum atomic E-state index is 13.2. The number of carbonyl (C=O) groups is 1. The van der Waals surface area contributed by atoms with Crippen LogP contribution < -0.4 is 15.0 Å². The third kappa shape index (κ3) is 3.12. The number of aromatic nitrogens is 1. The minimum absolute atomic E-state index is 0.0686. The molecule has 1 N–H and O–H groups in total. The third-order valence-electron chi connectivity index (χ3n) is 6.05. The fourth-order valence-corrected chi connectivity index (χ4v) is 4.41. The summed E-state index contributed by atoms with van der Waals surface area (Å²) in [6.45, 7) is 6.08. The van der Waals surface area contributed by atoms with Gasteiger partial charge in [0.25, 0.3) is 5.56 Å². The van der Waals surface area contributed by atoms with Crippen LogP contribution in [-0.2, 0) is 11.2 Å². The van der Waals surface area contributed by atoms with Crippen molar-refractivity contribution in [1.29, 1.82) is 0 Å². The number of rotatable bonds is 3. The molecule has 1 aliphatic heterocycles. The van der Waals surface area contributed by atoms with Crippen LogP contribution in [0.3, 0.4) is 0 Å². The molecule has 4 rings (SSSR count). The zero-order valence-corrected chi connectivity index (χ0v) is 18.0. The second-order valence-corrected chi connectivity index (χ2v) is 7.81. The lowest BCUT2D eigenvalue weighted by atomic mass is 9.87. The van der Waals surface area contributed by atoms with Gasteiger partial charge in [-0.1, -0.05) is 12.1 Å². The van der Waals surface area contributed by atoms with Crippen LogP contribution in [0.1, 0.15) is 40.8 Å². The number of nitrogens with one attached hydrogen (secondary N) is 1. The topological polar surface area (TPSA) is 71.6 Å². The highest BCUT2D eigenvalue weighted by Crippen LogP contribution is 2.40. The number of carbonyl (C=O) groups excluding carboxylic acids is 1. The van der Waals surface area contributed by atoms with Crippen molar-refractivity contribution in [3.63, 3.8) is 0 Å². The second kappa shape index (κ2) is 7.52. The first-order valence-corrected chi connectivity index (χ1v) is 10.0. The van der Waals surface area contributed by atoms with E-state index in [1.165, 1.54) is 0 Å². The van der Waals surface area contributed by atoms with Gasteiger partial charge in [-0.05, 0) is 60.7 Å². The summed E-state index contributed by atoms with van der Waals surface area (Å²) in [7, 11) is 3.19. The first-order valence-electron chi connectivity index (χ1n) is 10.0. The zero-order chi connectivity index (χ0) is 21.6. The van der Waals surface area contributed by atoms with Gasteiger partial charge in [-0.2, -0.15) is 0 Å². The van der Waals surface area contributed by atoms with Crippen LogP contribution in [0.2, 0.25) is 0 Å². The Morgan fingerprint density at radius 1 is 1.03 bits per heavy atom. The number of H-pyrrole nitrogens is 1. The van der Waals surface area contributed by atoms with E-state index in [-0.39, 0.29) is 11.5 Å². The highest BCUT2D eigenvalue weighted by atomic mass is 16.5. The van der Waals surface area contributed by atoms with Crippen molar-refractivity contribution in [3.8, 4) is 11.5 Å². The molecular formula is C24H26N2O4. The molecule has 0 spiro atoms. The van der Waals surface area contributed by atoms with Gasteiger partial charge < -0.3 is 19.4 Å². The number of fused-ring (bicyclic) bond motifs is 2. The molecule has 156 valence electrons. The summed E-state index contributed by atoms with van der Waals surface area (Å²) in [6.07, 6.45) is 0.690. The summed E-state index contributed by atoms with van der Waals surface area (Å²) in [5.41, 5.74) is 5.24. The van der Waals surface area contributed by atoms with Crippen LogP contribution in [0.5, 0.6) is 11.5 Å². The summed E-state index contributed by atoms with van der Waals surface area (Å²) in [5.74, 6) is 1.15. The fourth-order valence-electron chi connectivity index (χ4n) is 4.41. The number of amides is 1. The van der Waals surface area contributed by atoms with Crippen LogP contribution in [-0.4, -0.2) is 36.6 Å². The summed E-state index contributed by atoms with van der Waals surface area (Å²) in [4.78, 5) is 30.5. The summed E-state index contributed by atoms with van der Waals surface area (Å²) in [5, 5.41) is 0.987. The Bertz CT molecular complexity index is 1210. The van der Waals surface area contributed by atoms with Gasteiger partial charge in [0, 0.05) is 24.4 Å². The number of ether oxygens (including phenoxy) is 2. The molecule has 1 aromatic heterocycles. The van der Waals surface area contributed by atoms with Crippen molar-refractivity contribution in [3.05, 3.63) is 68.5 Å². The molecule has 0 saturated carbocycles. The molecular weight excluding hydrogens is 380 g/mol. The van der Waals surface area contributed by atoms with Crippen molar-refractivity contribution in [2.45, 2.75) is 33.2 Å². The lowest BCUT2D eigenvalue weighted by Gasteiger charge is -2.37. The number of hydrogen-bond acceptors (Lipinski definition) is 4. The molecule has 0 unspecified atom stereocenters.